The van der Waals surface area contributed by atoms with Crippen LogP contribution >= 0.6 is 11.8 Å². The summed E-state index contributed by atoms with van der Waals surface area (Å²) in [5.74, 6) is -1.53. The van der Waals surface area contributed by atoms with Crippen molar-refractivity contribution in [1.82, 2.24) is 5.32 Å². The molecule has 0 aromatic carbocycles. The van der Waals surface area contributed by atoms with Gasteiger partial charge >= 0.3 is 11.9 Å². The maximum absolute atomic E-state index is 11.7. The summed E-state index contributed by atoms with van der Waals surface area (Å²) in [6, 6.07) is -1.88. The Hall–Kier alpha value is -1.28. The number of amides is 1. The van der Waals surface area contributed by atoms with Crippen molar-refractivity contribution >= 4 is 29.6 Å². The van der Waals surface area contributed by atoms with Gasteiger partial charge in [0.25, 0.3) is 0 Å². The molecule has 1 amide bonds. The summed E-state index contributed by atoms with van der Waals surface area (Å²) in [7, 11) is 1.22. The summed E-state index contributed by atoms with van der Waals surface area (Å²) >= 11 is 1.55. The van der Waals surface area contributed by atoms with Crippen LogP contribution < -0.4 is 11.1 Å². The van der Waals surface area contributed by atoms with E-state index in [4.69, 9.17) is 10.8 Å². The fourth-order valence-electron chi connectivity index (χ4n) is 1.28. The highest BCUT2D eigenvalue weighted by molar-refractivity contribution is 7.98. The number of carboxylic acid groups (broad SMARTS) is 1. The van der Waals surface area contributed by atoms with Crippen LogP contribution in [0.4, 0.5) is 0 Å². The monoisotopic (exact) mass is 292 g/mol. The van der Waals surface area contributed by atoms with Gasteiger partial charge < -0.3 is 20.9 Å². The second-order valence-electron chi connectivity index (χ2n) is 3.90. The second-order valence-corrected chi connectivity index (χ2v) is 4.89. The number of carbonyl (C=O) groups excluding carboxylic acids is 2. The average molecular weight is 292 g/mol. The molecule has 0 aromatic rings. The molecular formula is C11H20N2O5S. The van der Waals surface area contributed by atoms with Crippen LogP contribution in [0.3, 0.4) is 0 Å². The van der Waals surface area contributed by atoms with Crippen LogP contribution in [0.2, 0.25) is 0 Å². The van der Waals surface area contributed by atoms with Crippen LogP contribution in [0.15, 0.2) is 0 Å². The molecule has 7 nitrogen and oxygen atoms in total. The van der Waals surface area contributed by atoms with Gasteiger partial charge in [-0.25, -0.2) is 4.79 Å². The van der Waals surface area contributed by atoms with Crippen molar-refractivity contribution < 1.29 is 24.2 Å². The Morgan fingerprint density at radius 1 is 1.37 bits per heavy atom. The number of nitrogens with one attached hydrogen (secondary N) is 1. The Kier molecular flexibility index (Phi) is 8.98. The smallest absolute Gasteiger partial charge is 0.326 e. The maximum Gasteiger partial charge on any atom is 0.326 e. The highest BCUT2D eigenvalue weighted by atomic mass is 32.2. The lowest BCUT2D eigenvalue weighted by Crippen LogP contribution is -2.48. The van der Waals surface area contributed by atoms with Gasteiger partial charge in [0, 0.05) is 6.42 Å². The van der Waals surface area contributed by atoms with Crippen molar-refractivity contribution in [3.63, 3.8) is 0 Å². The minimum Gasteiger partial charge on any atom is -0.480 e. The highest BCUT2D eigenvalue weighted by Gasteiger charge is 2.23. The normalized spacial score (nSPS) is 13.4. The minimum absolute atomic E-state index is 0.0248. The van der Waals surface area contributed by atoms with Gasteiger partial charge in [-0.3, -0.25) is 9.59 Å². The molecular weight excluding hydrogens is 272 g/mol. The molecule has 0 heterocycles. The van der Waals surface area contributed by atoms with Crippen LogP contribution in [-0.2, 0) is 19.1 Å². The number of carboxylic acids is 1. The molecule has 0 aliphatic rings. The SMILES string of the molecule is COC(=O)CCC(NC(=O)[C@H](N)CCSC)C(=O)O. The van der Waals surface area contributed by atoms with E-state index in [0.717, 1.165) is 0 Å². The Balaban J connectivity index is 4.29. The lowest BCUT2D eigenvalue weighted by Gasteiger charge is -2.17. The first kappa shape index (κ1) is 17.7. The fourth-order valence-corrected chi connectivity index (χ4v) is 1.77. The number of hydrogen-bond donors (Lipinski definition) is 3. The predicted octanol–water partition coefficient (Wildman–Crippen LogP) is -0.411. The third-order valence-electron chi connectivity index (χ3n) is 2.45. The summed E-state index contributed by atoms with van der Waals surface area (Å²) in [4.78, 5) is 33.6. The average Bonchev–Trinajstić information content (AvgIpc) is 2.39. The minimum atomic E-state index is -1.20. The molecule has 0 radical (unpaired) electrons. The van der Waals surface area contributed by atoms with E-state index in [1.165, 1.54) is 7.11 Å². The topological polar surface area (TPSA) is 119 Å². The number of methoxy groups -OCH3 is 1. The number of carbonyl (C=O) groups is 3. The van der Waals surface area contributed by atoms with Crippen molar-refractivity contribution in [3.05, 3.63) is 0 Å². The standard InChI is InChI=1S/C11H20N2O5S/c1-18-9(14)4-3-8(11(16)17)13-10(15)7(12)5-6-19-2/h7-8H,3-6,12H2,1-2H3,(H,13,15)(H,16,17)/t7-,8?/m1/s1. The molecule has 2 atom stereocenters. The van der Waals surface area contributed by atoms with Crippen LogP contribution in [0, 0.1) is 0 Å². The van der Waals surface area contributed by atoms with Gasteiger partial charge in [-0.05, 0) is 24.9 Å². The Morgan fingerprint density at radius 2 is 2.00 bits per heavy atom. The maximum atomic E-state index is 11.7. The molecule has 0 saturated carbocycles. The first-order valence-corrected chi connectivity index (χ1v) is 7.16. The van der Waals surface area contributed by atoms with E-state index in [0.29, 0.717) is 12.2 Å². The molecule has 110 valence electrons. The number of thioether (sulfide) groups is 1. The summed E-state index contributed by atoms with van der Waals surface area (Å²) in [5, 5.41) is 11.3. The van der Waals surface area contributed by atoms with Gasteiger partial charge in [-0.2, -0.15) is 11.8 Å². The van der Waals surface area contributed by atoms with Crippen LogP contribution in [0.1, 0.15) is 19.3 Å². The molecule has 4 N–H and O–H groups in total. The summed E-state index contributed by atoms with van der Waals surface area (Å²) in [5.41, 5.74) is 5.62. The third-order valence-corrected chi connectivity index (χ3v) is 3.09. The number of aliphatic carboxylic acids is 1. The predicted molar refractivity (Wildman–Crippen MR) is 71.8 cm³/mol. The molecule has 8 heteroatoms. The zero-order chi connectivity index (χ0) is 14.8. The van der Waals surface area contributed by atoms with Crippen molar-refractivity contribution in [1.29, 1.82) is 0 Å². The van der Waals surface area contributed by atoms with Crippen LogP contribution in [-0.4, -0.2) is 54.2 Å². The molecule has 0 rings (SSSR count). The van der Waals surface area contributed by atoms with E-state index in [1.54, 1.807) is 11.8 Å². The van der Waals surface area contributed by atoms with Crippen molar-refractivity contribution in [3.8, 4) is 0 Å². The van der Waals surface area contributed by atoms with Gasteiger partial charge in [0.2, 0.25) is 5.91 Å². The summed E-state index contributed by atoms with van der Waals surface area (Å²) in [6.45, 7) is 0. The second kappa shape index (κ2) is 9.62. The summed E-state index contributed by atoms with van der Waals surface area (Å²) < 4.78 is 4.41. The third kappa shape index (κ3) is 7.68. The van der Waals surface area contributed by atoms with Crippen LogP contribution in [0.5, 0.6) is 0 Å². The number of ether oxygens (including phenoxy) is 1. The molecule has 0 fully saturated rings. The Labute approximate surface area is 116 Å². The van der Waals surface area contributed by atoms with Gasteiger partial charge in [-0.15, -0.1) is 0 Å². The van der Waals surface area contributed by atoms with Crippen molar-refractivity contribution in [2.24, 2.45) is 5.73 Å². The number of esters is 1. The zero-order valence-electron chi connectivity index (χ0n) is 11.0. The molecule has 0 bridgehead atoms. The molecule has 0 aromatic heterocycles. The van der Waals surface area contributed by atoms with E-state index >= 15 is 0 Å². The Morgan fingerprint density at radius 3 is 2.47 bits per heavy atom. The first-order valence-electron chi connectivity index (χ1n) is 5.76. The molecule has 0 saturated heterocycles. The molecule has 19 heavy (non-hydrogen) atoms. The lowest BCUT2D eigenvalue weighted by atomic mass is 10.1. The summed E-state index contributed by atoms with van der Waals surface area (Å²) in [6.07, 6.45) is 2.26. The van der Waals surface area contributed by atoms with E-state index in [-0.39, 0.29) is 12.8 Å². The largest absolute Gasteiger partial charge is 0.480 e. The van der Waals surface area contributed by atoms with E-state index in [2.05, 4.69) is 10.1 Å². The molecule has 1 unspecified atom stereocenters. The number of nitrogens with two attached hydrogens (primary N) is 1. The van der Waals surface area contributed by atoms with Gasteiger partial charge in [0.15, 0.2) is 0 Å². The van der Waals surface area contributed by atoms with E-state index in [9.17, 15) is 14.4 Å². The van der Waals surface area contributed by atoms with Crippen molar-refractivity contribution in [2.75, 3.05) is 19.1 Å². The fraction of sp³-hybridized carbons (Fsp3) is 0.727. The molecule has 0 spiro atoms. The molecule has 0 aliphatic carbocycles. The van der Waals surface area contributed by atoms with Gasteiger partial charge in [0.05, 0.1) is 13.2 Å². The first-order chi connectivity index (χ1) is 8.92. The number of rotatable bonds is 9. The van der Waals surface area contributed by atoms with Gasteiger partial charge in [0.1, 0.15) is 6.04 Å². The van der Waals surface area contributed by atoms with Gasteiger partial charge in [-0.1, -0.05) is 0 Å². The highest BCUT2D eigenvalue weighted by Crippen LogP contribution is 2.02. The Bertz CT molecular complexity index is 324. The van der Waals surface area contributed by atoms with E-state index < -0.39 is 29.9 Å². The van der Waals surface area contributed by atoms with Crippen LogP contribution in [0.25, 0.3) is 0 Å². The quantitative estimate of drug-likeness (QED) is 0.494. The van der Waals surface area contributed by atoms with E-state index in [1.807, 2.05) is 6.26 Å². The zero-order valence-corrected chi connectivity index (χ0v) is 11.9. The van der Waals surface area contributed by atoms with Crippen molar-refractivity contribution in [2.45, 2.75) is 31.3 Å². The number of hydrogen-bond acceptors (Lipinski definition) is 6. The molecule has 0 aliphatic heterocycles. The lowest BCUT2D eigenvalue weighted by molar-refractivity contribution is -0.144.